The molecule has 0 aromatic rings. The molecule has 0 radical (unpaired) electrons. The Bertz CT molecular complexity index is 189. The monoisotopic (exact) mass is 219 g/mol. The smallest absolute Gasteiger partial charge is 0.469 e. The highest BCUT2D eigenvalue weighted by molar-refractivity contribution is 7.46. The average molecular weight is 219 g/mol. The number of phosphoric ester groups is 1. The van der Waals surface area contributed by atoms with Gasteiger partial charge in [-0.25, -0.2) is 4.57 Å². The van der Waals surface area contributed by atoms with Crippen LogP contribution in [0, 0.1) is 0 Å². The summed E-state index contributed by atoms with van der Waals surface area (Å²) < 4.78 is 13.8. The Hall–Kier alpha value is -0.0300. The van der Waals surface area contributed by atoms with E-state index in [1.807, 2.05) is 0 Å². The van der Waals surface area contributed by atoms with Gasteiger partial charge in [0.25, 0.3) is 0 Å². The van der Waals surface area contributed by atoms with Gasteiger partial charge in [0.1, 0.15) is 6.04 Å². The van der Waals surface area contributed by atoms with E-state index in [0.29, 0.717) is 0 Å². The van der Waals surface area contributed by atoms with Crippen LogP contribution in [0.15, 0.2) is 0 Å². The molecule has 0 rings (SSSR count). The molecule has 9 heteroatoms. The van der Waals surface area contributed by atoms with Gasteiger partial charge in [-0.05, 0) is 0 Å². The Balaban J connectivity index is 0. The SMILES string of the molecule is NC(COP(=O)(O)O)C(=O)O.P. The van der Waals surface area contributed by atoms with Crippen LogP contribution in [-0.4, -0.2) is 33.5 Å². The summed E-state index contributed by atoms with van der Waals surface area (Å²) in [6.45, 7) is -0.709. The molecule has 2 atom stereocenters. The Labute approximate surface area is 71.8 Å². The Morgan fingerprint density at radius 3 is 2.25 bits per heavy atom. The fourth-order valence-electron chi connectivity index (χ4n) is 0.249. The maximum Gasteiger partial charge on any atom is 0.469 e. The first-order valence-corrected chi connectivity index (χ1v) is 4.04. The van der Waals surface area contributed by atoms with E-state index in [9.17, 15) is 9.36 Å². The van der Waals surface area contributed by atoms with E-state index in [0.717, 1.165) is 0 Å². The van der Waals surface area contributed by atoms with Crippen molar-refractivity contribution in [3.63, 3.8) is 0 Å². The second kappa shape index (κ2) is 5.59. The zero-order valence-electron chi connectivity index (χ0n) is 6.08. The van der Waals surface area contributed by atoms with E-state index in [2.05, 4.69) is 4.52 Å². The normalized spacial score (nSPS) is 13.2. The molecule has 0 fully saturated rings. The molecular formula is C3H11NO6P2. The fraction of sp³-hybridized carbons (Fsp3) is 0.667. The number of carboxylic acid groups (broad SMARTS) is 1. The van der Waals surface area contributed by atoms with E-state index in [4.69, 9.17) is 20.6 Å². The van der Waals surface area contributed by atoms with Gasteiger partial charge in [-0.1, -0.05) is 0 Å². The number of hydrogen-bond donors (Lipinski definition) is 4. The van der Waals surface area contributed by atoms with Crippen LogP contribution >= 0.6 is 17.7 Å². The van der Waals surface area contributed by atoms with Crippen LogP contribution in [0.4, 0.5) is 0 Å². The van der Waals surface area contributed by atoms with E-state index < -0.39 is 26.4 Å². The first-order valence-electron chi connectivity index (χ1n) is 2.51. The number of hydrogen-bond acceptors (Lipinski definition) is 4. The van der Waals surface area contributed by atoms with Crippen LogP contribution in [0.1, 0.15) is 0 Å². The Morgan fingerprint density at radius 1 is 1.58 bits per heavy atom. The van der Waals surface area contributed by atoms with Gasteiger partial charge in [0.15, 0.2) is 0 Å². The minimum absolute atomic E-state index is 0. The van der Waals surface area contributed by atoms with Crippen molar-refractivity contribution < 1.29 is 28.8 Å². The predicted molar refractivity (Wildman–Crippen MR) is 44.7 cm³/mol. The summed E-state index contributed by atoms with van der Waals surface area (Å²) in [5.41, 5.74) is 4.86. The maximum atomic E-state index is 9.98. The van der Waals surface area contributed by atoms with Crippen molar-refractivity contribution in [1.29, 1.82) is 0 Å². The molecular weight excluding hydrogens is 208 g/mol. The second-order valence-electron chi connectivity index (χ2n) is 1.73. The predicted octanol–water partition coefficient (Wildman–Crippen LogP) is -1.43. The van der Waals surface area contributed by atoms with Crippen LogP contribution < -0.4 is 5.73 Å². The first kappa shape index (κ1) is 14.5. The number of carboxylic acids is 1. The second-order valence-corrected chi connectivity index (χ2v) is 2.97. The molecule has 0 saturated heterocycles. The van der Waals surface area contributed by atoms with Crippen molar-refractivity contribution >= 4 is 23.7 Å². The molecule has 0 saturated carbocycles. The lowest BCUT2D eigenvalue weighted by molar-refractivity contribution is -0.139. The number of carbonyl (C=O) groups is 1. The molecule has 12 heavy (non-hydrogen) atoms. The molecule has 0 aromatic heterocycles. The first-order chi connectivity index (χ1) is 4.83. The van der Waals surface area contributed by atoms with Gasteiger partial charge >= 0.3 is 13.8 Å². The van der Waals surface area contributed by atoms with Crippen molar-refractivity contribution in [3.05, 3.63) is 0 Å². The molecule has 0 spiro atoms. The summed E-state index contributed by atoms with van der Waals surface area (Å²) in [6.07, 6.45) is 0. The fourth-order valence-corrected chi connectivity index (χ4v) is 0.603. The third kappa shape index (κ3) is 8.07. The molecule has 0 aromatic carbocycles. The molecule has 0 bridgehead atoms. The van der Waals surface area contributed by atoms with Crippen molar-refractivity contribution in [1.82, 2.24) is 0 Å². The highest BCUT2D eigenvalue weighted by atomic mass is 31.2. The summed E-state index contributed by atoms with van der Waals surface area (Å²) >= 11 is 0. The van der Waals surface area contributed by atoms with Crippen LogP contribution in [0.5, 0.6) is 0 Å². The molecule has 0 aliphatic rings. The lowest BCUT2D eigenvalue weighted by atomic mass is 10.3. The average Bonchev–Trinajstić information content (AvgIpc) is 1.80. The number of aliphatic carboxylic acids is 1. The Kier molecular flexibility index (Phi) is 6.75. The topological polar surface area (TPSA) is 130 Å². The standard InChI is InChI=1S/C3H8NO6P.H3P/c4-2(3(5)6)1-10-11(7,8)9;/h2H,1,4H2,(H,5,6)(H2,7,8,9);1H3. The zero-order valence-corrected chi connectivity index (χ0v) is 8.39. The van der Waals surface area contributed by atoms with Gasteiger partial charge in [-0.15, -0.1) is 0 Å². The number of nitrogens with two attached hydrogens (primary N) is 1. The minimum atomic E-state index is -4.60. The van der Waals surface area contributed by atoms with Crippen molar-refractivity contribution in [2.75, 3.05) is 6.61 Å². The molecule has 74 valence electrons. The minimum Gasteiger partial charge on any atom is -0.480 e. The van der Waals surface area contributed by atoms with Gasteiger partial charge in [-0.3, -0.25) is 9.32 Å². The zero-order chi connectivity index (χ0) is 9.07. The highest BCUT2D eigenvalue weighted by Crippen LogP contribution is 2.35. The van der Waals surface area contributed by atoms with Crippen molar-refractivity contribution in [2.24, 2.45) is 5.73 Å². The molecule has 0 aliphatic carbocycles. The largest absolute Gasteiger partial charge is 0.480 e. The summed E-state index contributed by atoms with van der Waals surface area (Å²) in [4.78, 5) is 26.1. The van der Waals surface area contributed by atoms with E-state index >= 15 is 0 Å². The van der Waals surface area contributed by atoms with Crippen LogP contribution in [0.2, 0.25) is 0 Å². The van der Waals surface area contributed by atoms with E-state index in [-0.39, 0.29) is 9.90 Å². The third-order valence-corrected chi connectivity index (χ3v) is 1.22. The number of rotatable bonds is 4. The van der Waals surface area contributed by atoms with Crippen LogP contribution in [-0.2, 0) is 13.9 Å². The summed E-state index contributed by atoms with van der Waals surface area (Å²) in [5.74, 6) is -1.38. The quantitative estimate of drug-likeness (QED) is 0.426. The van der Waals surface area contributed by atoms with Gasteiger partial charge < -0.3 is 20.6 Å². The molecule has 5 N–H and O–H groups in total. The molecule has 2 unspecified atom stereocenters. The Morgan fingerprint density at radius 2 is 2.00 bits per heavy atom. The van der Waals surface area contributed by atoms with E-state index in [1.165, 1.54) is 0 Å². The number of phosphoric acid groups is 1. The van der Waals surface area contributed by atoms with Crippen molar-refractivity contribution in [2.45, 2.75) is 6.04 Å². The molecule has 0 amide bonds. The maximum absolute atomic E-state index is 9.98. The summed E-state index contributed by atoms with van der Waals surface area (Å²) in [7, 11) is -4.60. The van der Waals surface area contributed by atoms with Gasteiger partial charge in [0.05, 0.1) is 6.61 Å². The molecule has 0 aliphatic heterocycles. The van der Waals surface area contributed by atoms with Gasteiger partial charge in [0, 0.05) is 0 Å². The van der Waals surface area contributed by atoms with Crippen molar-refractivity contribution in [3.8, 4) is 0 Å². The highest BCUT2D eigenvalue weighted by Gasteiger charge is 2.19. The summed E-state index contributed by atoms with van der Waals surface area (Å²) in [6, 6.07) is -1.41. The van der Waals surface area contributed by atoms with E-state index in [1.54, 1.807) is 0 Å². The third-order valence-electron chi connectivity index (χ3n) is 0.739. The molecule has 0 heterocycles. The summed E-state index contributed by atoms with van der Waals surface area (Å²) in [5, 5.41) is 8.12. The van der Waals surface area contributed by atoms with Crippen LogP contribution in [0.3, 0.4) is 0 Å². The van der Waals surface area contributed by atoms with Gasteiger partial charge in [-0.2, -0.15) is 9.90 Å². The molecule has 7 nitrogen and oxygen atoms in total. The lowest BCUT2D eigenvalue weighted by Gasteiger charge is -2.07. The van der Waals surface area contributed by atoms with Crippen LogP contribution in [0.25, 0.3) is 0 Å². The van der Waals surface area contributed by atoms with Gasteiger partial charge in [0.2, 0.25) is 0 Å². The lowest BCUT2D eigenvalue weighted by Crippen LogP contribution is -2.34.